The summed E-state index contributed by atoms with van der Waals surface area (Å²) in [6, 6.07) is 7.11. The predicted octanol–water partition coefficient (Wildman–Crippen LogP) is 1.40. The van der Waals surface area contributed by atoms with Crippen molar-refractivity contribution in [3.63, 3.8) is 0 Å². The Morgan fingerprint density at radius 3 is 2.80 bits per heavy atom. The number of aliphatic hydroxyl groups is 1. The first-order valence-corrected chi connectivity index (χ1v) is 4.77. The number of para-hydroxylation sites is 2. The molecule has 82 valence electrons. The van der Waals surface area contributed by atoms with E-state index in [4.69, 9.17) is 9.84 Å². The fourth-order valence-corrected chi connectivity index (χ4v) is 1.10. The van der Waals surface area contributed by atoms with Gasteiger partial charge in [-0.05, 0) is 19.1 Å². The number of nitrogens with one attached hydrogen (secondary N) is 1. The summed E-state index contributed by atoms with van der Waals surface area (Å²) in [6.07, 6.45) is -0.532. The summed E-state index contributed by atoms with van der Waals surface area (Å²) >= 11 is 0. The summed E-state index contributed by atoms with van der Waals surface area (Å²) in [5.74, 6) is 0.414. The zero-order valence-electron chi connectivity index (χ0n) is 8.86. The van der Waals surface area contributed by atoms with E-state index < -0.39 is 6.10 Å². The van der Waals surface area contributed by atoms with E-state index >= 15 is 0 Å². The maximum atomic E-state index is 10.9. The summed E-state index contributed by atoms with van der Waals surface area (Å²) < 4.78 is 5.33. The number of ether oxygens (including phenoxy) is 1. The number of aliphatic hydroxyl groups excluding tert-OH is 1. The van der Waals surface area contributed by atoms with E-state index in [9.17, 15) is 4.79 Å². The van der Waals surface area contributed by atoms with E-state index in [1.54, 1.807) is 25.1 Å². The van der Waals surface area contributed by atoms with Gasteiger partial charge < -0.3 is 15.2 Å². The van der Waals surface area contributed by atoms with Gasteiger partial charge in [0.05, 0.1) is 11.8 Å². The van der Waals surface area contributed by atoms with Gasteiger partial charge in [-0.15, -0.1) is 0 Å². The van der Waals surface area contributed by atoms with Crippen LogP contribution in [0.25, 0.3) is 0 Å². The average molecular weight is 209 g/mol. The molecule has 4 nitrogen and oxygen atoms in total. The molecule has 0 fully saturated rings. The molecule has 0 aromatic heterocycles. The molecule has 0 unspecified atom stereocenters. The Hall–Kier alpha value is -1.55. The normalized spacial score (nSPS) is 11.9. The van der Waals surface area contributed by atoms with Gasteiger partial charge in [0.1, 0.15) is 12.4 Å². The molecule has 0 saturated heterocycles. The maximum absolute atomic E-state index is 10.9. The van der Waals surface area contributed by atoms with Crippen molar-refractivity contribution in [3.05, 3.63) is 24.3 Å². The van der Waals surface area contributed by atoms with E-state index in [1.807, 2.05) is 6.07 Å². The smallest absolute Gasteiger partial charge is 0.221 e. The molecule has 4 heteroatoms. The van der Waals surface area contributed by atoms with E-state index in [2.05, 4.69) is 5.32 Å². The van der Waals surface area contributed by atoms with Gasteiger partial charge in [-0.3, -0.25) is 4.79 Å². The molecule has 1 aromatic rings. The molecule has 0 heterocycles. The van der Waals surface area contributed by atoms with Crippen LogP contribution in [0, 0.1) is 0 Å². The monoisotopic (exact) mass is 209 g/mol. The summed E-state index contributed by atoms with van der Waals surface area (Å²) in [6.45, 7) is 3.28. The molecule has 0 radical (unpaired) electrons. The Morgan fingerprint density at radius 2 is 2.20 bits per heavy atom. The number of hydrogen-bond acceptors (Lipinski definition) is 3. The molecule has 0 aliphatic rings. The third-order valence-electron chi connectivity index (χ3n) is 1.68. The fourth-order valence-electron chi connectivity index (χ4n) is 1.10. The number of hydrogen-bond donors (Lipinski definition) is 2. The highest BCUT2D eigenvalue weighted by molar-refractivity contribution is 5.90. The standard InChI is InChI=1S/C11H15NO3/c1-8(13)7-15-11-6-4-3-5-10(11)12-9(2)14/h3-6,8,13H,7H2,1-2H3,(H,12,14)/t8-/m0/s1. The molecule has 0 saturated carbocycles. The Balaban J connectivity index is 2.72. The Morgan fingerprint density at radius 1 is 1.53 bits per heavy atom. The van der Waals surface area contributed by atoms with Gasteiger partial charge in [0, 0.05) is 6.92 Å². The highest BCUT2D eigenvalue weighted by atomic mass is 16.5. The van der Waals surface area contributed by atoms with Crippen LogP contribution in [0.3, 0.4) is 0 Å². The Bertz CT molecular complexity index is 336. The van der Waals surface area contributed by atoms with Crippen LogP contribution < -0.4 is 10.1 Å². The molecule has 1 rings (SSSR count). The van der Waals surface area contributed by atoms with Crippen molar-refractivity contribution in [2.24, 2.45) is 0 Å². The number of carbonyl (C=O) groups is 1. The SMILES string of the molecule is CC(=O)Nc1ccccc1OC[C@H](C)O. The van der Waals surface area contributed by atoms with Gasteiger partial charge in [0.2, 0.25) is 5.91 Å². The molecule has 2 N–H and O–H groups in total. The zero-order valence-corrected chi connectivity index (χ0v) is 8.86. The van der Waals surface area contributed by atoms with Crippen LogP contribution in [0.1, 0.15) is 13.8 Å². The molecule has 1 atom stereocenters. The number of anilines is 1. The molecule has 0 spiro atoms. The molecule has 1 aromatic carbocycles. The molecule has 15 heavy (non-hydrogen) atoms. The molecule has 1 amide bonds. The van der Waals surface area contributed by atoms with Crippen LogP contribution in [0.2, 0.25) is 0 Å². The van der Waals surface area contributed by atoms with Gasteiger partial charge in [-0.1, -0.05) is 12.1 Å². The number of carbonyl (C=O) groups excluding carboxylic acids is 1. The van der Waals surface area contributed by atoms with Crippen molar-refractivity contribution in [1.82, 2.24) is 0 Å². The van der Waals surface area contributed by atoms with Crippen LogP contribution in [0.4, 0.5) is 5.69 Å². The minimum atomic E-state index is -0.532. The van der Waals surface area contributed by atoms with Crippen LogP contribution in [0.15, 0.2) is 24.3 Å². The topological polar surface area (TPSA) is 58.6 Å². The fraction of sp³-hybridized carbons (Fsp3) is 0.364. The maximum Gasteiger partial charge on any atom is 0.221 e. The van der Waals surface area contributed by atoms with E-state index in [-0.39, 0.29) is 12.5 Å². The second-order valence-corrected chi connectivity index (χ2v) is 3.34. The van der Waals surface area contributed by atoms with Gasteiger partial charge >= 0.3 is 0 Å². The Labute approximate surface area is 88.9 Å². The highest BCUT2D eigenvalue weighted by Crippen LogP contribution is 2.23. The van der Waals surface area contributed by atoms with Gasteiger partial charge in [0.25, 0.3) is 0 Å². The van der Waals surface area contributed by atoms with Gasteiger partial charge in [-0.25, -0.2) is 0 Å². The van der Waals surface area contributed by atoms with Crippen LogP contribution in [-0.4, -0.2) is 23.7 Å². The first kappa shape index (κ1) is 11.5. The van der Waals surface area contributed by atoms with Crippen LogP contribution in [0.5, 0.6) is 5.75 Å². The van der Waals surface area contributed by atoms with Crippen molar-refractivity contribution in [1.29, 1.82) is 0 Å². The number of amides is 1. The quantitative estimate of drug-likeness (QED) is 0.788. The summed E-state index contributed by atoms with van der Waals surface area (Å²) in [5, 5.41) is 11.7. The van der Waals surface area contributed by atoms with Crippen LogP contribution in [-0.2, 0) is 4.79 Å². The van der Waals surface area contributed by atoms with E-state index in [0.29, 0.717) is 11.4 Å². The van der Waals surface area contributed by atoms with Crippen molar-refractivity contribution in [2.75, 3.05) is 11.9 Å². The van der Waals surface area contributed by atoms with Crippen molar-refractivity contribution < 1.29 is 14.6 Å². The first-order chi connectivity index (χ1) is 7.09. The average Bonchev–Trinajstić information content (AvgIpc) is 2.15. The third kappa shape index (κ3) is 3.99. The largest absolute Gasteiger partial charge is 0.489 e. The van der Waals surface area contributed by atoms with E-state index in [0.717, 1.165) is 0 Å². The summed E-state index contributed by atoms with van der Waals surface area (Å²) in [5.41, 5.74) is 0.616. The molecular weight excluding hydrogens is 194 g/mol. The van der Waals surface area contributed by atoms with Gasteiger partial charge in [0.15, 0.2) is 0 Å². The predicted molar refractivity (Wildman–Crippen MR) is 57.9 cm³/mol. The Kier molecular flexibility index (Phi) is 4.12. The first-order valence-electron chi connectivity index (χ1n) is 4.77. The lowest BCUT2D eigenvalue weighted by atomic mass is 10.3. The lowest BCUT2D eigenvalue weighted by molar-refractivity contribution is -0.114. The second-order valence-electron chi connectivity index (χ2n) is 3.34. The number of benzene rings is 1. The second kappa shape index (κ2) is 5.36. The van der Waals surface area contributed by atoms with E-state index in [1.165, 1.54) is 6.92 Å². The van der Waals surface area contributed by atoms with Crippen molar-refractivity contribution in [3.8, 4) is 5.75 Å². The summed E-state index contributed by atoms with van der Waals surface area (Å²) in [7, 11) is 0. The molecule has 0 aliphatic carbocycles. The minimum Gasteiger partial charge on any atom is -0.489 e. The molecule has 0 aliphatic heterocycles. The van der Waals surface area contributed by atoms with Crippen molar-refractivity contribution >= 4 is 11.6 Å². The van der Waals surface area contributed by atoms with Crippen molar-refractivity contribution in [2.45, 2.75) is 20.0 Å². The highest BCUT2D eigenvalue weighted by Gasteiger charge is 2.05. The third-order valence-corrected chi connectivity index (χ3v) is 1.68. The zero-order chi connectivity index (χ0) is 11.3. The molecule has 0 bridgehead atoms. The lowest BCUT2D eigenvalue weighted by Gasteiger charge is -2.12. The minimum absolute atomic E-state index is 0.150. The van der Waals surface area contributed by atoms with Gasteiger partial charge in [-0.2, -0.15) is 0 Å². The summed E-state index contributed by atoms with van der Waals surface area (Å²) in [4.78, 5) is 10.9. The number of rotatable bonds is 4. The molecular formula is C11H15NO3. The lowest BCUT2D eigenvalue weighted by Crippen LogP contribution is -2.14. The van der Waals surface area contributed by atoms with Crippen LogP contribution >= 0.6 is 0 Å².